The van der Waals surface area contributed by atoms with Crippen LogP contribution in [0.2, 0.25) is 0 Å². The van der Waals surface area contributed by atoms with Crippen LogP contribution in [0.5, 0.6) is 0 Å². The summed E-state index contributed by atoms with van der Waals surface area (Å²) in [6, 6.07) is 0. The fourth-order valence-electron chi connectivity index (χ4n) is 1.19. The van der Waals surface area contributed by atoms with Crippen LogP contribution in [0.15, 0.2) is 0 Å². The molecule has 0 aromatic carbocycles. The van der Waals surface area contributed by atoms with E-state index in [-0.39, 0.29) is 18.8 Å². The van der Waals surface area contributed by atoms with Crippen molar-refractivity contribution in [2.75, 3.05) is 12.8 Å². The first kappa shape index (κ1) is 18.0. The fourth-order valence-corrected chi connectivity index (χ4v) is 1.70. The number of unbranched alkanes of at least 4 members (excludes halogenated alkanes) is 4. The van der Waals surface area contributed by atoms with Crippen molar-refractivity contribution in [3.8, 4) is 0 Å². The van der Waals surface area contributed by atoms with Crippen molar-refractivity contribution in [1.82, 2.24) is 4.72 Å². The molecule has 0 aliphatic carbocycles. The standard InChI is InChI=1S/C9H19NO4S.ClH/c1-15(13,14)10-8-6-4-2-3-5-7-9(11)12;/h10H,2-8H2,1H3,(H,11,12);1H. The molecule has 0 saturated heterocycles. The van der Waals surface area contributed by atoms with Gasteiger partial charge in [-0.05, 0) is 12.8 Å². The Morgan fingerprint density at radius 3 is 2.12 bits per heavy atom. The molecule has 0 fully saturated rings. The Hall–Kier alpha value is -0.330. The molecule has 0 aromatic rings. The van der Waals surface area contributed by atoms with Gasteiger partial charge in [0.2, 0.25) is 10.0 Å². The van der Waals surface area contributed by atoms with Crippen molar-refractivity contribution >= 4 is 28.4 Å². The predicted octanol–water partition coefficient (Wildman–Crippen LogP) is 1.38. The van der Waals surface area contributed by atoms with Gasteiger partial charge in [-0.2, -0.15) is 0 Å². The number of carbonyl (C=O) groups is 1. The number of carboxylic acids is 1. The zero-order chi connectivity index (χ0) is 11.7. The highest BCUT2D eigenvalue weighted by molar-refractivity contribution is 7.88. The molecule has 0 amide bonds. The zero-order valence-corrected chi connectivity index (χ0v) is 11.1. The second kappa shape index (κ2) is 9.86. The third-order valence-corrected chi connectivity index (χ3v) is 2.66. The van der Waals surface area contributed by atoms with Gasteiger partial charge in [0.1, 0.15) is 0 Å². The Labute approximate surface area is 103 Å². The van der Waals surface area contributed by atoms with Crippen molar-refractivity contribution in [2.24, 2.45) is 0 Å². The zero-order valence-electron chi connectivity index (χ0n) is 9.44. The van der Waals surface area contributed by atoms with Crippen LogP contribution in [0.4, 0.5) is 0 Å². The van der Waals surface area contributed by atoms with E-state index in [0.717, 1.165) is 31.9 Å². The van der Waals surface area contributed by atoms with Crippen molar-refractivity contribution in [2.45, 2.75) is 38.5 Å². The second-order valence-corrected chi connectivity index (χ2v) is 5.41. The number of hydrogen-bond donors (Lipinski definition) is 2. The minimum absolute atomic E-state index is 0. The molecule has 0 aliphatic rings. The highest BCUT2D eigenvalue weighted by Gasteiger charge is 1.99. The van der Waals surface area contributed by atoms with Gasteiger partial charge in [0.05, 0.1) is 6.26 Å². The molecule has 0 aromatic heterocycles. The molecular weight excluding hydrogens is 254 g/mol. The molecule has 0 atom stereocenters. The lowest BCUT2D eigenvalue weighted by molar-refractivity contribution is -0.137. The van der Waals surface area contributed by atoms with Crippen molar-refractivity contribution in [1.29, 1.82) is 0 Å². The van der Waals surface area contributed by atoms with Crippen LogP contribution in [0.3, 0.4) is 0 Å². The highest BCUT2D eigenvalue weighted by Crippen LogP contribution is 2.04. The second-order valence-electron chi connectivity index (χ2n) is 3.58. The van der Waals surface area contributed by atoms with Gasteiger partial charge in [-0.3, -0.25) is 4.79 Å². The van der Waals surface area contributed by atoms with Gasteiger partial charge in [-0.1, -0.05) is 19.3 Å². The van der Waals surface area contributed by atoms with E-state index in [9.17, 15) is 13.2 Å². The summed E-state index contributed by atoms with van der Waals surface area (Å²) >= 11 is 0. The third-order valence-electron chi connectivity index (χ3n) is 1.93. The van der Waals surface area contributed by atoms with Crippen LogP contribution in [0.25, 0.3) is 0 Å². The summed E-state index contributed by atoms with van der Waals surface area (Å²) in [5, 5.41) is 8.37. The summed E-state index contributed by atoms with van der Waals surface area (Å²) in [6.45, 7) is 0.470. The monoisotopic (exact) mass is 273 g/mol. The molecule has 0 rings (SSSR count). The number of rotatable bonds is 9. The number of hydrogen-bond acceptors (Lipinski definition) is 3. The number of nitrogens with one attached hydrogen (secondary N) is 1. The molecule has 0 spiro atoms. The minimum Gasteiger partial charge on any atom is -0.481 e. The van der Waals surface area contributed by atoms with Gasteiger partial charge >= 0.3 is 5.97 Å². The molecule has 0 unspecified atom stereocenters. The fraction of sp³-hybridized carbons (Fsp3) is 0.889. The number of halogens is 1. The van der Waals surface area contributed by atoms with Crippen LogP contribution in [0.1, 0.15) is 38.5 Å². The largest absolute Gasteiger partial charge is 0.481 e. The van der Waals surface area contributed by atoms with Gasteiger partial charge in [-0.15, -0.1) is 12.4 Å². The van der Waals surface area contributed by atoms with Gasteiger partial charge in [0.25, 0.3) is 0 Å². The molecule has 0 bridgehead atoms. The van der Waals surface area contributed by atoms with Crippen LogP contribution in [-0.2, 0) is 14.8 Å². The van der Waals surface area contributed by atoms with E-state index in [1.807, 2.05) is 0 Å². The maximum absolute atomic E-state index is 10.7. The Bertz CT molecular complexity index is 279. The first-order valence-electron chi connectivity index (χ1n) is 5.08. The number of carboxylic acid groups (broad SMARTS) is 1. The summed E-state index contributed by atoms with van der Waals surface area (Å²) in [6.07, 6.45) is 5.66. The van der Waals surface area contributed by atoms with Gasteiger partial charge in [0, 0.05) is 13.0 Å². The van der Waals surface area contributed by atoms with Crippen molar-refractivity contribution in [3.63, 3.8) is 0 Å². The average molecular weight is 274 g/mol. The van der Waals surface area contributed by atoms with Gasteiger partial charge < -0.3 is 5.11 Å². The number of aliphatic carboxylic acids is 1. The van der Waals surface area contributed by atoms with E-state index in [2.05, 4.69) is 4.72 Å². The smallest absolute Gasteiger partial charge is 0.303 e. The Kier molecular flexibility index (Phi) is 11.1. The average Bonchev–Trinajstić information content (AvgIpc) is 2.07. The molecule has 5 nitrogen and oxygen atoms in total. The molecule has 0 radical (unpaired) electrons. The quantitative estimate of drug-likeness (QED) is 0.622. The van der Waals surface area contributed by atoms with Gasteiger partial charge in [0.15, 0.2) is 0 Å². The van der Waals surface area contributed by atoms with Gasteiger partial charge in [-0.25, -0.2) is 13.1 Å². The molecule has 0 heterocycles. The Balaban J connectivity index is 0. The topological polar surface area (TPSA) is 83.5 Å². The van der Waals surface area contributed by atoms with Crippen LogP contribution >= 0.6 is 12.4 Å². The third kappa shape index (κ3) is 16.1. The normalized spacial score (nSPS) is 10.8. The summed E-state index contributed by atoms with van der Waals surface area (Å²) in [4.78, 5) is 10.2. The van der Waals surface area contributed by atoms with Crippen LogP contribution < -0.4 is 4.72 Å². The first-order valence-corrected chi connectivity index (χ1v) is 6.97. The summed E-state index contributed by atoms with van der Waals surface area (Å²) in [5.41, 5.74) is 0. The summed E-state index contributed by atoms with van der Waals surface area (Å²) < 4.78 is 23.7. The first-order chi connectivity index (χ1) is 6.92. The van der Waals surface area contributed by atoms with E-state index >= 15 is 0 Å². The molecule has 2 N–H and O–H groups in total. The molecule has 98 valence electrons. The summed E-state index contributed by atoms with van der Waals surface area (Å²) in [7, 11) is -3.06. The van der Waals surface area contributed by atoms with Crippen LogP contribution in [-0.4, -0.2) is 32.3 Å². The molecule has 7 heteroatoms. The molecule has 0 aliphatic heterocycles. The van der Waals surface area contributed by atoms with E-state index in [1.54, 1.807) is 0 Å². The maximum Gasteiger partial charge on any atom is 0.303 e. The lowest BCUT2D eigenvalue weighted by atomic mass is 10.1. The SMILES string of the molecule is CS(=O)(=O)NCCCCCCCC(=O)O.Cl. The van der Waals surface area contributed by atoms with E-state index in [0.29, 0.717) is 13.0 Å². The van der Waals surface area contributed by atoms with E-state index < -0.39 is 16.0 Å². The number of sulfonamides is 1. The van der Waals surface area contributed by atoms with E-state index in [1.165, 1.54) is 0 Å². The molecule has 0 saturated carbocycles. The highest BCUT2D eigenvalue weighted by atomic mass is 35.5. The maximum atomic E-state index is 10.7. The lowest BCUT2D eigenvalue weighted by Gasteiger charge is -2.01. The minimum atomic E-state index is -3.06. The van der Waals surface area contributed by atoms with Crippen molar-refractivity contribution < 1.29 is 18.3 Å². The lowest BCUT2D eigenvalue weighted by Crippen LogP contribution is -2.22. The van der Waals surface area contributed by atoms with Crippen molar-refractivity contribution in [3.05, 3.63) is 0 Å². The molecular formula is C9H20ClNO4S. The molecule has 16 heavy (non-hydrogen) atoms. The van der Waals surface area contributed by atoms with Crippen LogP contribution in [0, 0.1) is 0 Å². The summed E-state index contributed by atoms with van der Waals surface area (Å²) in [5.74, 6) is -0.756. The Morgan fingerprint density at radius 1 is 1.12 bits per heavy atom. The Morgan fingerprint density at radius 2 is 1.62 bits per heavy atom. The van der Waals surface area contributed by atoms with E-state index in [4.69, 9.17) is 5.11 Å². The predicted molar refractivity (Wildman–Crippen MR) is 65.4 cm³/mol.